The van der Waals surface area contributed by atoms with Crippen LogP contribution in [0.5, 0.6) is 0 Å². The molecule has 0 unspecified atom stereocenters. The van der Waals surface area contributed by atoms with Crippen LogP contribution in [0.4, 0.5) is 0 Å². The van der Waals surface area contributed by atoms with Crippen molar-refractivity contribution in [1.29, 1.82) is 0 Å². The fourth-order valence-electron chi connectivity index (χ4n) is 6.01. The molecule has 3 amide bonds. The van der Waals surface area contributed by atoms with Crippen molar-refractivity contribution in [3.63, 3.8) is 0 Å². The highest BCUT2D eigenvalue weighted by Crippen LogP contribution is 2.34. The molecule has 2 N–H and O–H groups in total. The van der Waals surface area contributed by atoms with Crippen molar-refractivity contribution in [2.45, 2.75) is 46.2 Å². The molecule has 1 aliphatic rings. The molecule has 0 bridgehead atoms. The molecule has 6 rings (SSSR count). The van der Waals surface area contributed by atoms with Gasteiger partial charge >= 0.3 is 0 Å². The quantitative estimate of drug-likeness (QED) is 0.230. The molecule has 0 aliphatic carbocycles. The number of amides is 3. The van der Waals surface area contributed by atoms with Crippen molar-refractivity contribution in [2.24, 2.45) is 0 Å². The second-order valence-corrected chi connectivity index (χ2v) is 11.4. The van der Waals surface area contributed by atoms with Crippen LogP contribution in [0, 0.1) is 0 Å². The van der Waals surface area contributed by atoms with E-state index in [0.29, 0.717) is 30.9 Å². The minimum absolute atomic E-state index is 0.0689. The van der Waals surface area contributed by atoms with E-state index in [2.05, 4.69) is 39.2 Å². The number of benzene rings is 2. The summed E-state index contributed by atoms with van der Waals surface area (Å²) in [5.41, 5.74) is 6.53. The molecule has 4 heterocycles. The number of hydrogen-bond acceptors (Lipinski definition) is 6. The van der Waals surface area contributed by atoms with Crippen molar-refractivity contribution < 1.29 is 14.4 Å². The molecule has 0 spiro atoms. The average molecular weight is 616 g/mol. The van der Waals surface area contributed by atoms with Gasteiger partial charge in [-0.2, -0.15) is 0 Å². The van der Waals surface area contributed by atoms with Crippen molar-refractivity contribution in [1.82, 2.24) is 35.1 Å². The number of rotatable bonds is 9. The Hall–Kier alpha value is -5.38. The lowest BCUT2D eigenvalue weighted by Gasteiger charge is -2.28. The van der Waals surface area contributed by atoms with Crippen molar-refractivity contribution in [2.75, 3.05) is 20.1 Å². The second-order valence-electron chi connectivity index (χ2n) is 11.4. The maximum atomic E-state index is 12.7. The summed E-state index contributed by atoms with van der Waals surface area (Å²) in [6.45, 7) is 6.19. The number of fused-ring (bicyclic) bond motifs is 2. The Kier molecular flexibility index (Phi) is 8.87. The Labute approximate surface area is 267 Å². The molecule has 0 atom stereocenters. The number of imidazole rings is 1. The molecule has 2 aromatic carbocycles. The molecule has 3 aromatic heterocycles. The number of nitrogens with zero attached hydrogens (tertiary/aromatic N) is 5. The van der Waals surface area contributed by atoms with Gasteiger partial charge in [0.2, 0.25) is 5.91 Å². The standard InChI is InChI=1S/C36H37N7O3/c1-4-33-41-34(32-22-42(23(2)44)16-17-43(32)33)28-12-6-10-25-19-31(40-21-29(25)28)27-13-14-30(39-20-27)36(46)38-15-7-9-24-8-5-11-26(18-24)35(45)37-3/h5-6,8,10-14,18-21H,4,7,9,15-17,22H2,1-3H3,(H,37,45)(H,38,46). The van der Waals surface area contributed by atoms with Crippen LogP contribution in [0.2, 0.25) is 0 Å². The van der Waals surface area contributed by atoms with E-state index in [4.69, 9.17) is 9.97 Å². The van der Waals surface area contributed by atoms with E-state index in [9.17, 15) is 14.4 Å². The summed E-state index contributed by atoms with van der Waals surface area (Å²) in [5, 5.41) is 7.57. The summed E-state index contributed by atoms with van der Waals surface area (Å²) in [6, 6.07) is 19.2. The highest BCUT2D eigenvalue weighted by atomic mass is 16.2. The summed E-state index contributed by atoms with van der Waals surface area (Å²) in [6.07, 6.45) is 5.84. The van der Waals surface area contributed by atoms with E-state index in [1.165, 1.54) is 0 Å². The average Bonchev–Trinajstić information content (AvgIpc) is 3.47. The molecule has 10 nitrogen and oxygen atoms in total. The predicted octanol–water partition coefficient (Wildman–Crippen LogP) is 4.81. The van der Waals surface area contributed by atoms with Gasteiger partial charge in [-0.05, 0) is 54.1 Å². The van der Waals surface area contributed by atoms with E-state index in [1.807, 2.05) is 47.5 Å². The number of pyridine rings is 2. The SMILES string of the molecule is CCc1nc(-c2cccc3cc(-c4ccc(C(=O)NCCCc5cccc(C(=O)NC)c5)nc4)ncc23)c2n1CCN(C(C)=O)C2. The first-order chi connectivity index (χ1) is 22.4. The topological polar surface area (TPSA) is 122 Å². The van der Waals surface area contributed by atoms with Gasteiger partial charge in [-0.1, -0.05) is 37.3 Å². The van der Waals surface area contributed by atoms with Gasteiger partial charge in [0.05, 0.1) is 23.6 Å². The fourth-order valence-corrected chi connectivity index (χ4v) is 6.01. The Bertz CT molecular complexity index is 1930. The normalized spacial score (nSPS) is 12.5. The lowest BCUT2D eigenvalue weighted by Crippen LogP contribution is -2.37. The van der Waals surface area contributed by atoms with Crippen LogP contribution in [0.25, 0.3) is 33.3 Å². The summed E-state index contributed by atoms with van der Waals surface area (Å²) in [5.74, 6) is 0.742. The van der Waals surface area contributed by atoms with Crippen LogP contribution in [0.3, 0.4) is 0 Å². The maximum absolute atomic E-state index is 12.7. The predicted molar refractivity (Wildman–Crippen MR) is 177 cm³/mol. The molecular formula is C36H37N7O3. The first kappa shape index (κ1) is 30.6. The Morgan fingerprint density at radius 3 is 2.54 bits per heavy atom. The minimum Gasteiger partial charge on any atom is -0.355 e. The minimum atomic E-state index is -0.236. The smallest absolute Gasteiger partial charge is 0.269 e. The number of aromatic nitrogens is 4. The van der Waals surface area contributed by atoms with Crippen LogP contribution in [0.15, 0.2) is 73.1 Å². The summed E-state index contributed by atoms with van der Waals surface area (Å²) in [4.78, 5) is 52.9. The number of nitrogens with one attached hydrogen (secondary N) is 2. The zero-order valence-corrected chi connectivity index (χ0v) is 26.3. The lowest BCUT2D eigenvalue weighted by atomic mass is 10.0. The number of carbonyl (C=O) groups is 3. The third kappa shape index (κ3) is 6.24. The molecule has 10 heteroatoms. The zero-order valence-electron chi connectivity index (χ0n) is 26.3. The molecule has 234 valence electrons. The molecule has 1 aliphatic heterocycles. The van der Waals surface area contributed by atoms with Crippen LogP contribution in [0.1, 0.15) is 58.2 Å². The van der Waals surface area contributed by atoms with Crippen LogP contribution in [-0.2, 0) is 30.7 Å². The van der Waals surface area contributed by atoms with Crippen molar-refractivity contribution in [3.8, 4) is 22.5 Å². The summed E-state index contributed by atoms with van der Waals surface area (Å²) >= 11 is 0. The van der Waals surface area contributed by atoms with E-state index >= 15 is 0 Å². The van der Waals surface area contributed by atoms with Gasteiger partial charge in [0.25, 0.3) is 11.8 Å². The molecule has 0 saturated carbocycles. The van der Waals surface area contributed by atoms with E-state index in [0.717, 1.165) is 76.2 Å². The molecule has 0 radical (unpaired) electrons. The zero-order chi connectivity index (χ0) is 32.2. The van der Waals surface area contributed by atoms with Gasteiger partial charge in [-0.15, -0.1) is 0 Å². The monoisotopic (exact) mass is 615 g/mol. The first-order valence-electron chi connectivity index (χ1n) is 15.6. The highest BCUT2D eigenvalue weighted by molar-refractivity contribution is 5.98. The van der Waals surface area contributed by atoms with Crippen molar-refractivity contribution >= 4 is 28.5 Å². The van der Waals surface area contributed by atoms with E-state index in [-0.39, 0.29) is 17.7 Å². The second kappa shape index (κ2) is 13.3. The van der Waals surface area contributed by atoms with Crippen LogP contribution < -0.4 is 10.6 Å². The van der Waals surface area contributed by atoms with E-state index in [1.54, 1.807) is 32.3 Å². The number of aryl methyl sites for hydroxylation is 2. The third-order valence-electron chi connectivity index (χ3n) is 8.50. The van der Waals surface area contributed by atoms with Gasteiger partial charge in [0, 0.05) is 74.5 Å². The largest absolute Gasteiger partial charge is 0.355 e. The molecular weight excluding hydrogens is 578 g/mol. The maximum Gasteiger partial charge on any atom is 0.269 e. The van der Waals surface area contributed by atoms with Crippen LogP contribution >= 0.6 is 0 Å². The molecule has 5 aromatic rings. The fraction of sp³-hybridized carbons (Fsp3) is 0.278. The Balaban J connectivity index is 1.14. The summed E-state index contributed by atoms with van der Waals surface area (Å²) in [7, 11) is 1.61. The molecule has 46 heavy (non-hydrogen) atoms. The number of hydrogen-bond donors (Lipinski definition) is 2. The third-order valence-corrected chi connectivity index (χ3v) is 8.50. The Morgan fingerprint density at radius 1 is 0.935 bits per heavy atom. The lowest BCUT2D eigenvalue weighted by molar-refractivity contribution is -0.130. The molecule has 0 saturated heterocycles. The van der Waals surface area contributed by atoms with Gasteiger partial charge in [0.15, 0.2) is 0 Å². The Morgan fingerprint density at radius 2 is 1.78 bits per heavy atom. The van der Waals surface area contributed by atoms with E-state index < -0.39 is 0 Å². The molecule has 0 fully saturated rings. The van der Waals surface area contributed by atoms with Gasteiger partial charge in [-0.25, -0.2) is 4.98 Å². The van der Waals surface area contributed by atoms with Crippen molar-refractivity contribution in [3.05, 3.63) is 101 Å². The van der Waals surface area contributed by atoms with Gasteiger partial charge < -0.3 is 20.1 Å². The van der Waals surface area contributed by atoms with Gasteiger partial charge in [0.1, 0.15) is 11.5 Å². The first-order valence-corrected chi connectivity index (χ1v) is 15.6. The van der Waals surface area contributed by atoms with Crippen LogP contribution in [-0.4, -0.2) is 62.3 Å². The number of carbonyl (C=O) groups excluding carboxylic acids is 3. The summed E-state index contributed by atoms with van der Waals surface area (Å²) < 4.78 is 2.26. The highest BCUT2D eigenvalue weighted by Gasteiger charge is 2.26. The van der Waals surface area contributed by atoms with Gasteiger partial charge in [-0.3, -0.25) is 24.4 Å².